The minimum absolute atomic E-state index is 0.145. The van der Waals surface area contributed by atoms with E-state index in [4.69, 9.17) is 4.74 Å². The summed E-state index contributed by atoms with van der Waals surface area (Å²) >= 11 is 0. The van der Waals surface area contributed by atoms with Gasteiger partial charge in [0.15, 0.2) is 0 Å². The fourth-order valence-corrected chi connectivity index (χ4v) is 5.14. The lowest BCUT2D eigenvalue weighted by Gasteiger charge is -2.36. The first kappa shape index (κ1) is 31.0. The Bertz CT molecular complexity index is 1200. The van der Waals surface area contributed by atoms with Crippen molar-refractivity contribution in [2.24, 2.45) is 0 Å². The normalized spacial score (nSPS) is 20.2. The summed E-state index contributed by atoms with van der Waals surface area (Å²) in [6.07, 6.45) is 1.97. The predicted molar refractivity (Wildman–Crippen MR) is 142 cm³/mol. The quantitative estimate of drug-likeness (QED) is 0.238. The lowest BCUT2D eigenvalue weighted by Crippen LogP contribution is -2.48. The molecule has 1 aromatic rings. The molecule has 0 spiro atoms. The first-order chi connectivity index (χ1) is 18.9. The molecular weight excluding hydrogens is 523 g/mol. The van der Waals surface area contributed by atoms with Gasteiger partial charge in [-0.05, 0) is 50.8 Å². The van der Waals surface area contributed by atoms with Crippen molar-refractivity contribution in [3.05, 3.63) is 47.0 Å². The molecule has 1 aromatic carbocycles. The van der Waals surface area contributed by atoms with E-state index in [1.54, 1.807) is 43.0 Å². The number of ether oxygens (including phenoxy) is 1. The molecule has 2 aliphatic rings. The van der Waals surface area contributed by atoms with Crippen molar-refractivity contribution < 1.29 is 33.2 Å². The zero-order valence-corrected chi connectivity index (χ0v) is 22.6. The Kier molecular flexibility index (Phi) is 10.3. The van der Waals surface area contributed by atoms with E-state index in [1.807, 2.05) is 12.1 Å². The molecule has 0 radical (unpaired) electrons. The molecule has 2 aliphatic heterocycles. The van der Waals surface area contributed by atoms with Crippen molar-refractivity contribution in [3.8, 4) is 12.1 Å². The number of benzene rings is 1. The third-order valence-corrected chi connectivity index (χ3v) is 7.32. The molecule has 10 nitrogen and oxygen atoms in total. The highest BCUT2D eigenvalue weighted by Gasteiger charge is 2.43. The summed E-state index contributed by atoms with van der Waals surface area (Å²) in [5, 5.41) is 40.7. The van der Waals surface area contributed by atoms with E-state index >= 15 is 0 Å². The van der Waals surface area contributed by atoms with Crippen LogP contribution in [0.1, 0.15) is 56.7 Å². The van der Waals surface area contributed by atoms with E-state index in [9.17, 15) is 38.9 Å². The molecule has 0 aliphatic carbocycles. The topological polar surface area (TPSA) is 150 Å². The Morgan fingerprint density at radius 1 is 1.27 bits per heavy atom. The number of carbonyl (C=O) groups is 2. The van der Waals surface area contributed by atoms with Gasteiger partial charge >= 0.3 is 13.2 Å². The van der Waals surface area contributed by atoms with Crippen LogP contribution in [0.2, 0.25) is 6.32 Å². The highest BCUT2D eigenvalue weighted by Crippen LogP contribution is 2.33. The maximum absolute atomic E-state index is 13.8. The molecule has 40 heavy (non-hydrogen) atoms. The van der Waals surface area contributed by atoms with Crippen LogP contribution < -0.4 is 5.32 Å². The lowest BCUT2D eigenvalue weighted by molar-refractivity contribution is -0.131. The van der Waals surface area contributed by atoms with Crippen molar-refractivity contribution in [2.75, 3.05) is 26.2 Å². The molecule has 0 bridgehead atoms. The van der Waals surface area contributed by atoms with E-state index in [-0.39, 0.29) is 37.0 Å². The van der Waals surface area contributed by atoms with Gasteiger partial charge in [-0.2, -0.15) is 10.5 Å². The van der Waals surface area contributed by atoms with E-state index in [2.05, 4.69) is 5.32 Å². The van der Waals surface area contributed by atoms with E-state index in [1.165, 1.54) is 11.0 Å². The summed E-state index contributed by atoms with van der Waals surface area (Å²) < 4.78 is 33.0. The standard InChI is InChI=1S/C27H34BF2N5O5/c1-26(2,34-12-10-27(29,30)18-34)13-20(16-32)24(36)35-11-6-5-8-21(35)17-40-25(37)33-23(14-28(38)39)22-9-4-3-7-19(22)15-31/h3-4,7,9,13,21,23,38-39H,5-6,8,10-12,14,17-18H2,1-2H3,(H,33,37)/t21-,23-/m1/s1. The van der Waals surface area contributed by atoms with E-state index < -0.39 is 49.2 Å². The lowest BCUT2D eigenvalue weighted by atomic mass is 9.78. The predicted octanol–water partition coefficient (Wildman–Crippen LogP) is 2.75. The minimum Gasteiger partial charge on any atom is -0.447 e. The number of halogens is 2. The number of nitrogens with zero attached hydrogens (tertiary/aromatic N) is 4. The summed E-state index contributed by atoms with van der Waals surface area (Å²) in [7, 11) is -1.75. The number of hydrogen-bond donors (Lipinski definition) is 3. The Hall–Kier alpha value is -3.52. The van der Waals surface area contributed by atoms with Gasteiger partial charge in [0.05, 0.1) is 30.3 Å². The summed E-state index contributed by atoms with van der Waals surface area (Å²) in [4.78, 5) is 29.1. The third-order valence-electron chi connectivity index (χ3n) is 7.32. The third kappa shape index (κ3) is 8.01. The zero-order chi connectivity index (χ0) is 29.5. The van der Waals surface area contributed by atoms with Gasteiger partial charge in [0.25, 0.3) is 11.8 Å². The van der Waals surface area contributed by atoms with Crippen LogP contribution >= 0.6 is 0 Å². The van der Waals surface area contributed by atoms with Crippen LogP contribution in [-0.4, -0.2) is 82.7 Å². The van der Waals surface area contributed by atoms with Gasteiger partial charge in [-0.25, -0.2) is 13.6 Å². The second-order valence-electron chi connectivity index (χ2n) is 10.7. The van der Waals surface area contributed by atoms with Crippen LogP contribution in [0.4, 0.5) is 13.6 Å². The molecule has 2 heterocycles. The van der Waals surface area contributed by atoms with Crippen LogP contribution in [0.15, 0.2) is 35.9 Å². The Balaban J connectivity index is 1.69. The second kappa shape index (κ2) is 13.2. The van der Waals surface area contributed by atoms with Crippen molar-refractivity contribution in [1.29, 1.82) is 10.5 Å². The van der Waals surface area contributed by atoms with Crippen molar-refractivity contribution in [3.63, 3.8) is 0 Å². The van der Waals surface area contributed by atoms with Crippen molar-refractivity contribution in [2.45, 2.75) is 69.4 Å². The number of alkyl carbamates (subject to hydrolysis) is 1. The summed E-state index contributed by atoms with van der Waals surface area (Å²) in [6.45, 7) is 3.23. The Labute approximate surface area is 232 Å². The van der Waals surface area contributed by atoms with Crippen LogP contribution in [0.5, 0.6) is 0 Å². The molecule has 0 unspecified atom stereocenters. The zero-order valence-electron chi connectivity index (χ0n) is 22.6. The first-order valence-corrected chi connectivity index (χ1v) is 13.2. The van der Waals surface area contributed by atoms with E-state index in [0.29, 0.717) is 24.9 Å². The van der Waals surface area contributed by atoms with Crippen LogP contribution in [-0.2, 0) is 9.53 Å². The molecule has 3 N–H and O–H groups in total. The number of amides is 2. The molecule has 2 fully saturated rings. The number of likely N-dealkylation sites (tertiary alicyclic amines) is 2. The van der Waals surface area contributed by atoms with Gasteiger partial charge in [-0.15, -0.1) is 0 Å². The summed E-state index contributed by atoms with van der Waals surface area (Å²) in [6, 6.07) is 8.93. The number of rotatable bonds is 9. The fraction of sp³-hybridized carbons (Fsp3) is 0.556. The van der Waals surface area contributed by atoms with Crippen molar-refractivity contribution >= 4 is 19.1 Å². The number of hydrogen-bond acceptors (Lipinski definition) is 8. The Morgan fingerprint density at radius 3 is 2.62 bits per heavy atom. The van der Waals surface area contributed by atoms with Gasteiger partial charge in [-0.1, -0.05) is 18.2 Å². The van der Waals surface area contributed by atoms with Crippen LogP contribution in [0, 0.1) is 22.7 Å². The number of piperidine rings is 1. The molecule has 2 saturated heterocycles. The maximum atomic E-state index is 13.8. The SMILES string of the molecule is CC(C)(C=C(C#N)C(=O)N1CCCC[C@@H]1COC(=O)N[C@H](CB(O)O)c1ccccc1C#N)N1CCC(F)(F)C1. The molecular formula is C27H34BF2N5O5. The van der Waals surface area contributed by atoms with Gasteiger partial charge in [0.1, 0.15) is 18.2 Å². The van der Waals surface area contributed by atoms with Crippen LogP contribution in [0.25, 0.3) is 0 Å². The molecule has 0 aromatic heterocycles. The van der Waals surface area contributed by atoms with Crippen LogP contribution in [0.3, 0.4) is 0 Å². The highest BCUT2D eigenvalue weighted by atomic mass is 19.3. The smallest absolute Gasteiger partial charge is 0.447 e. The van der Waals surface area contributed by atoms with Gasteiger partial charge in [-0.3, -0.25) is 9.69 Å². The largest absolute Gasteiger partial charge is 0.453 e. The Morgan fingerprint density at radius 2 is 2.00 bits per heavy atom. The first-order valence-electron chi connectivity index (χ1n) is 13.2. The number of nitriles is 2. The minimum atomic E-state index is -2.82. The van der Waals surface area contributed by atoms with E-state index in [0.717, 1.165) is 6.42 Å². The average molecular weight is 557 g/mol. The van der Waals surface area contributed by atoms with Crippen molar-refractivity contribution in [1.82, 2.24) is 15.1 Å². The molecule has 3 rings (SSSR count). The second-order valence-corrected chi connectivity index (χ2v) is 10.7. The molecule has 0 saturated carbocycles. The molecule has 13 heteroatoms. The van der Waals surface area contributed by atoms with Gasteiger partial charge in [0, 0.05) is 31.4 Å². The molecule has 2 atom stereocenters. The monoisotopic (exact) mass is 557 g/mol. The fourth-order valence-electron chi connectivity index (χ4n) is 5.14. The number of carbonyl (C=O) groups excluding carboxylic acids is 2. The molecule has 2 amide bonds. The average Bonchev–Trinajstić information content (AvgIpc) is 3.30. The number of alkyl halides is 2. The van der Waals surface area contributed by atoms with Gasteiger partial charge in [0.2, 0.25) is 0 Å². The van der Waals surface area contributed by atoms with Gasteiger partial charge < -0.3 is 25.0 Å². The maximum Gasteiger partial charge on any atom is 0.453 e. The summed E-state index contributed by atoms with van der Waals surface area (Å²) in [5.41, 5.74) is -0.462. The highest BCUT2D eigenvalue weighted by molar-refractivity contribution is 6.41. The summed E-state index contributed by atoms with van der Waals surface area (Å²) in [5.74, 6) is -3.37. The number of nitrogens with one attached hydrogen (secondary N) is 1. The molecule has 214 valence electrons.